The molecule has 0 radical (unpaired) electrons. The number of carbonyl (C=O) groups is 1. The summed E-state index contributed by atoms with van der Waals surface area (Å²) in [4.78, 5) is 13.5. The Morgan fingerprint density at radius 2 is 2.00 bits per heavy atom. The molecule has 0 unspecified atom stereocenters. The van der Waals surface area contributed by atoms with Crippen LogP contribution in [0.5, 0.6) is 5.75 Å². The lowest BCUT2D eigenvalue weighted by Crippen LogP contribution is -2.27. The Bertz CT molecular complexity index is 418. The largest absolute Gasteiger partial charge is 0.496 e. The maximum atomic E-state index is 11.8. The van der Waals surface area contributed by atoms with Gasteiger partial charge in [-0.25, -0.2) is 0 Å². The average molecular weight is 253 g/mol. The van der Waals surface area contributed by atoms with Gasteiger partial charge in [0.1, 0.15) is 5.75 Å². The van der Waals surface area contributed by atoms with E-state index in [0.717, 1.165) is 22.6 Å². The van der Waals surface area contributed by atoms with Gasteiger partial charge >= 0.3 is 0 Å². The molecule has 17 heavy (non-hydrogen) atoms. The topological polar surface area (TPSA) is 29.5 Å². The Labute approximate surface area is 108 Å². The third kappa shape index (κ3) is 2.94. The van der Waals surface area contributed by atoms with Crippen molar-refractivity contribution < 1.29 is 9.53 Å². The molecule has 4 heteroatoms. The molecule has 0 saturated heterocycles. The number of nitrogens with zero attached hydrogens (tertiary/aromatic N) is 1. The molecule has 0 spiro atoms. The van der Waals surface area contributed by atoms with Gasteiger partial charge in [0.05, 0.1) is 7.11 Å². The monoisotopic (exact) mass is 253 g/mol. The van der Waals surface area contributed by atoms with Crippen molar-refractivity contribution in [3.05, 3.63) is 23.3 Å². The number of benzene rings is 1. The van der Waals surface area contributed by atoms with Crippen molar-refractivity contribution in [2.24, 2.45) is 0 Å². The van der Waals surface area contributed by atoms with E-state index in [2.05, 4.69) is 12.6 Å². The Balaban J connectivity index is 3.07. The van der Waals surface area contributed by atoms with E-state index in [-0.39, 0.29) is 5.91 Å². The van der Waals surface area contributed by atoms with Crippen LogP contribution in [0.1, 0.15) is 17.5 Å². The first kappa shape index (κ1) is 13.9. The zero-order valence-corrected chi connectivity index (χ0v) is 11.7. The number of hydrogen-bond donors (Lipinski definition) is 1. The van der Waals surface area contributed by atoms with E-state index >= 15 is 0 Å². The van der Waals surface area contributed by atoms with Crippen LogP contribution in [-0.2, 0) is 4.79 Å². The summed E-state index contributed by atoms with van der Waals surface area (Å²) in [6.45, 7) is 3.99. The van der Waals surface area contributed by atoms with Crippen LogP contribution in [0.2, 0.25) is 0 Å². The molecule has 0 saturated carbocycles. The van der Waals surface area contributed by atoms with Crippen LogP contribution in [0.4, 0.5) is 5.69 Å². The number of rotatable bonds is 4. The second-order valence-corrected chi connectivity index (χ2v) is 4.41. The normalized spacial score (nSPS) is 10.2. The Hall–Kier alpha value is -1.16. The lowest BCUT2D eigenvalue weighted by atomic mass is 10.1. The smallest absolute Gasteiger partial charge is 0.227 e. The van der Waals surface area contributed by atoms with Crippen LogP contribution in [0.15, 0.2) is 12.1 Å². The zero-order chi connectivity index (χ0) is 13.0. The fourth-order valence-electron chi connectivity index (χ4n) is 1.76. The summed E-state index contributed by atoms with van der Waals surface area (Å²) in [5.74, 6) is 1.49. The number of ether oxygens (including phenoxy) is 1. The molecule has 0 fully saturated rings. The third-order valence-corrected chi connectivity index (χ3v) is 3.21. The maximum Gasteiger partial charge on any atom is 0.227 e. The van der Waals surface area contributed by atoms with Gasteiger partial charge in [0.15, 0.2) is 0 Å². The van der Waals surface area contributed by atoms with E-state index in [0.29, 0.717) is 12.2 Å². The summed E-state index contributed by atoms with van der Waals surface area (Å²) in [5.41, 5.74) is 3.06. The molecule has 3 nitrogen and oxygen atoms in total. The minimum atomic E-state index is 0.0765. The van der Waals surface area contributed by atoms with Crippen LogP contribution in [-0.4, -0.2) is 25.8 Å². The highest BCUT2D eigenvalue weighted by molar-refractivity contribution is 7.80. The molecule has 1 aromatic rings. The van der Waals surface area contributed by atoms with Crippen molar-refractivity contribution in [3.8, 4) is 5.75 Å². The Morgan fingerprint density at radius 1 is 1.35 bits per heavy atom. The summed E-state index contributed by atoms with van der Waals surface area (Å²) < 4.78 is 5.25. The Kier molecular flexibility index (Phi) is 4.87. The van der Waals surface area contributed by atoms with E-state index in [4.69, 9.17) is 4.74 Å². The van der Waals surface area contributed by atoms with E-state index in [1.165, 1.54) is 0 Å². The van der Waals surface area contributed by atoms with Gasteiger partial charge in [-0.1, -0.05) is 0 Å². The molecule has 0 atom stereocenters. The number of thiol groups is 1. The van der Waals surface area contributed by atoms with Gasteiger partial charge in [0.2, 0.25) is 5.91 Å². The van der Waals surface area contributed by atoms with Gasteiger partial charge in [0, 0.05) is 19.2 Å². The molecule has 94 valence electrons. The molecule has 0 aliphatic rings. The average Bonchev–Trinajstić information content (AvgIpc) is 2.32. The SMILES string of the molecule is COc1ccc(N(C)C(=O)CCS)c(C)c1C. The Morgan fingerprint density at radius 3 is 2.53 bits per heavy atom. The fourth-order valence-corrected chi connectivity index (χ4v) is 1.96. The van der Waals surface area contributed by atoms with E-state index in [1.54, 1.807) is 19.1 Å². The van der Waals surface area contributed by atoms with Crippen molar-refractivity contribution >= 4 is 24.2 Å². The van der Waals surface area contributed by atoms with Crippen LogP contribution in [0.3, 0.4) is 0 Å². The first-order valence-corrected chi connectivity index (χ1v) is 6.17. The first-order valence-electron chi connectivity index (χ1n) is 5.54. The minimum Gasteiger partial charge on any atom is -0.496 e. The van der Waals surface area contributed by atoms with Crippen molar-refractivity contribution in [1.82, 2.24) is 0 Å². The molecule has 0 heterocycles. The minimum absolute atomic E-state index is 0.0765. The zero-order valence-electron chi connectivity index (χ0n) is 10.8. The second-order valence-electron chi connectivity index (χ2n) is 3.96. The van der Waals surface area contributed by atoms with Crippen molar-refractivity contribution in [2.75, 3.05) is 24.8 Å². The van der Waals surface area contributed by atoms with Crippen LogP contribution in [0, 0.1) is 13.8 Å². The van der Waals surface area contributed by atoms with E-state index < -0.39 is 0 Å². The van der Waals surface area contributed by atoms with Gasteiger partial charge in [-0.3, -0.25) is 4.79 Å². The number of anilines is 1. The predicted molar refractivity (Wildman–Crippen MR) is 74.3 cm³/mol. The third-order valence-electron chi connectivity index (χ3n) is 2.99. The van der Waals surface area contributed by atoms with E-state index in [1.807, 2.05) is 26.0 Å². The highest BCUT2D eigenvalue weighted by Crippen LogP contribution is 2.29. The number of methoxy groups -OCH3 is 1. The highest BCUT2D eigenvalue weighted by Gasteiger charge is 2.14. The second kappa shape index (κ2) is 5.96. The van der Waals surface area contributed by atoms with Crippen molar-refractivity contribution in [3.63, 3.8) is 0 Å². The van der Waals surface area contributed by atoms with Gasteiger partial charge in [-0.2, -0.15) is 12.6 Å². The molecular weight excluding hydrogens is 234 g/mol. The summed E-state index contributed by atoms with van der Waals surface area (Å²) in [6.07, 6.45) is 0.449. The van der Waals surface area contributed by atoms with Crippen LogP contribution in [0.25, 0.3) is 0 Å². The highest BCUT2D eigenvalue weighted by atomic mass is 32.1. The fraction of sp³-hybridized carbons (Fsp3) is 0.462. The molecule has 1 rings (SSSR count). The summed E-state index contributed by atoms with van der Waals surface area (Å²) in [6, 6.07) is 3.81. The standard InChI is InChI=1S/C13H19NO2S/c1-9-10(2)12(16-4)6-5-11(9)14(3)13(15)7-8-17/h5-6,17H,7-8H2,1-4H3. The van der Waals surface area contributed by atoms with Gasteiger partial charge in [-0.05, 0) is 42.9 Å². The summed E-state index contributed by atoms with van der Waals surface area (Å²) in [5, 5.41) is 0. The van der Waals surface area contributed by atoms with Crippen LogP contribution < -0.4 is 9.64 Å². The quantitative estimate of drug-likeness (QED) is 0.836. The number of amides is 1. The first-order chi connectivity index (χ1) is 8.02. The number of hydrogen-bond acceptors (Lipinski definition) is 3. The molecule has 0 aromatic heterocycles. The lowest BCUT2D eigenvalue weighted by Gasteiger charge is -2.21. The molecule has 0 aliphatic heterocycles. The molecule has 0 bridgehead atoms. The molecular formula is C13H19NO2S. The number of carbonyl (C=O) groups excluding carboxylic acids is 1. The molecule has 1 aromatic carbocycles. The van der Waals surface area contributed by atoms with Gasteiger partial charge in [-0.15, -0.1) is 0 Å². The summed E-state index contributed by atoms with van der Waals surface area (Å²) in [7, 11) is 3.44. The van der Waals surface area contributed by atoms with Crippen molar-refractivity contribution in [1.29, 1.82) is 0 Å². The predicted octanol–water partition coefficient (Wildman–Crippen LogP) is 2.59. The lowest BCUT2D eigenvalue weighted by molar-refractivity contribution is -0.117. The van der Waals surface area contributed by atoms with E-state index in [9.17, 15) is 4.79 Å². The molecule has 0 aliphatic carbocycles. The maximum absolute atomic E-state index is 11.8. The summed E-state index contributed by atoms with van der Waals surface area (Å²) >= 11 is 4.08. The van der Waals surface area contributed by atoms with Crippen molar-refractivity contribution in [2.45, 2.75) is 20.3 Å². The van der Waals surface area contributed by atoms with Crippen LogP contribution >= 0.6 is 12.6 Å². The molecule has 1 amide bonds. The molecule has 0 N–H and O–H groups in total. The van der Waals surface area contributed by atoms with Gasteiger partial charge in [0.25, 0.3) is 0 Å². The van der Waals surface area contributed by atoms with Gasteiger partial charge < -0.3 is 9.64 Å².